The largest absolute Gasteiger partial charge is 0.497 e. The highest BCUT2D eigenvalue weighted by atomic mass is 16.5. The molecule has 23 heavy (non-hydrogen) atoms. The normalized spacial score (nSPS) is 10.3. The molecule has 0 heterocycles. The Kier molecular flexibility index (Phi) is 7.23. The van der Waals surface area contributed by atoms with Gasteiger partial charge in [0.2, 0.25) is 0 Å². The predicted molar refractivity (Wildman–Crippen MR) is 87.2 cm³/mol. The van der Waals surface area contributed by atoms with Crippen LogP contribution in [0.1, 0.15) is 5.56 Å². The van der Waals surface area contributed by atoms with Crippen molar-refractivity contribution >= 4 is 0 Å². The molecule has 0 aliphatic rings. The van der Waals surface area contributed by atoms with Crippen LogP contribution in [0.3, 0.4) is 0 Å². The summed E-state index contributed by atoms with van der Waals surface area (Å²) >= 11 is 0. The smallest absolute Gasteiger partial charge is 0.119 e. The Hall–Kier alpha value is -2.24. The lowest BCUT2D eigenvalue weighted by molar-refractivity contribution is 0.0764. The van der Waals surface area contributed by atoms with E-state index in [4.69, 9.17) is 24.1 Å². The van der Waals surface area contributed by atoms with Crippen LogP contribution in [-0.4, -0.2) is 38.6 Å². The van der Waals surface area contributed by atoms with Crippen LogP contribution in [0.5, 0.6) is 17.2 Å². The van der Waals surface area contributed by atoms with E-state index >= 15 is 0 Å². The third-order valence-electron chi connectivity index (χ3n) is 3.16. The second kappa shape index (κ2) is 9.71. The average molecular weight is 318 g/mol. The first-order chi connectivity index (χ1) is 11.3. The van der Waals surface area contributed by atoms with Crippen molar-refractivity contribution in [1.29, 1.82) is 0 Å². The van der Waals surface area contributed by atoms with Gasteiger partial charge in [0.15, 0.2) is 0 Å². The molecule has 124 valence electrons. The molecule has 0 fully saturated rings. The van der Waals surface area contributed by atoms with E-state index in [2.05, 4.69) is 0 Å². The third-order valence-corrected chi connectivity index (χ3v) is 3.16. The van der Waals surface area contributed by atoms with Gasteiger partial charge in [0.1, 0.15) is 30.5 Å². The number of aliphatic hydroxyl groups is 1. The van der Waals surface area contributed by atoms with Crippen molar-refractivity contribution < 1.29 is 24.1 Å². The Morgan fingerprint density at radius 2 is 1.17 bits per heavy atom. The number of methoxy groups -OCH3 is 1. The summed E-state index contributed by atoms with van der Waals surface area (Å²) in [6.45, 7) is 1.99. The quantitative estimate of drug-likeness (QED) is 0.683. The van der Waals surface area contributed by atoms with Crippen molar-refractivity contribution in [3.63, 3.8) is 0 Å². The van der Waals surface area contributed by atoms with Crippen LogP contribution in [0.4, 0.5) is 0 Å². The summed E-state index contributed by atoms with van der Waals surface area (Å²) in [5.74, 6) is 2.35. The van der Waals surface area contributed by atoms with Crippen molar-refractivity contribution in [2.45, 2.75) is 6.61 Å². The Labute approximate surface area is 136 Å². The minimum atomic E-state index is 0.0393. The zero-order chi connectivity index (χ0) is 16.3. The maximum Gasteiger partial charge on any atom is 0.119 e. The maximum absolute atomic E-state index is 8.95. The molecule has 5 heteroatoms. The monoisotopic (exact) mass is 318 g/mol. The van der Waals surface area contributed by atoms with Crippen LogP contribution in [0.25, 0.3) is 0 Å². The Morgan fingerprint density at radius 1 is 0.696 bits per heavy atom. The molecule has 0 amide bonds. The molecule has 0 bridgehead atoms. The van der Waals surface area contributed by atoms with Gasteiger partial charge in [0.25, 0.3) is 0 Å². The molecule has 0 spiro atoms. The molecule has 2 aromatic carbocycles. The molecule has 1 N–H and O–H groups in total. The summed E-state index contributed by atoms with van der Waals surface area (Å²) in [5, 5.41) is 8.95. The summed E-state index contributed by atoms with van der Waals surface area (Å²) in [6, 6.07) is 14.8. The van der Waals surface area contributed by atoms with Gasteiger partial charge < -0.3 is 24.1 Å². The van der Waals surface area contributed by atoms with Gasteiger partial charge in [-0.2, -0.15) is 0 Å². The highest BCUT2D eigenvalue weighted by Gasteiger charge is 1.97. The van der Waals surface area contributed by atoms with Gasteiger partial charge in [0.05, 0.1) is 26.9 Å². The van der Waals surface area contributed by atoms with Crippen LogP contribution >= 0.6 is 0 Å². The van der Waals surface area contributed by atoms with Gasteiger partial charge in [-0.25, -0.2) is 0 Å². The van der Waals surface area contributed by atoms with Crippen LogP contribution in [0, 0.1) is 0 Å². The number of ether oxygens (including phenoxy) is 4. The molecule has 0 unspecified atom stereocenters. The molecule has 0 aliphatic carbocycles. The maximum atomic E-state index is 8.95. The fraction of sp³-hybridized carbons (Fsp3) is 0.333. The second-order valence-electron chi connectivity index (χ2n) is 4.79. The SMILES string of the molecule is COc1ccc(OCCOCCOc2ccc(CO)cc2)cc1. The highest BCUT2D eigenvalue weighted by molar-refractivity contribution is 5.31. The van der Waals surface area contributed by atoms with Gasteiger partial charge >= 0.3 is 0 Å². The van der Waals surface area contributed by atoms with Crippen LogP contribution < -0.4 is 14.2 Å². The lowest BCUT2D eigenvalue weighted by atomic mass is 10.2. The second-order valence-corrected chi connectivity index (χ2v) is 4.79. The predicted octanol–water partition coefficient (Wildman–Crippen LogP) is 2.66. The molecule has 5 nitrogen and oxygen atoms in total. The van der Waals surface area contributed by atoms with Gasteiger partial charge in [-0.3, -0.25) is 0 Å². The zero-order valence-electron chi connectivity index (χ0n) is 13.2. The number of rotatable bonds is 10. The van der Waals surface area contributed by atoms with E-state index in [-0.39, 0.29) is 6.61 Å². The number of benzene rings is 2. The summed E-state index contributed by atoms with van der Waals surface area (Å²) in [7, 11) is 1.63. The highest BCUT2D eigenvalue weighted by Crippen LogP contribution is 2.16. The van der Waals surface area contributed by atoms with E-state index in [0.717, 1.165) is 22.8 Å². The molecule has 0 aliphatic heterocycles. The van der Waals surface area contributed by atoms with E-state index in [0.29, 0.717) is 26.4 Å². The van der Waals surface area contributed by atoms with E-state index in [1.54, 1.807) is 7.11 Å². The van der Waals surface area contributed by atoms with E-state index in [1.807, 2.05) is 48.5 Å². The zero-order valence-corrected chi connectivity index (χ0v) is 13.2. The van der Waals surface area contributed by atoms with Crippen LogP contribution in [-0.2, 0) is 11.3 Å². The van der Waals surface area contributed by atoms with Crippen molar-refractivity contribution in [2.75, 3.05) is 33.5 Å². The third kappa shape index (κ3) is 6.18. The minimum Gasteiger partial charge on any atom is -0.497 e. The topological polar surface area (TPSA) is 57.2 Å². The number of aliphatic hydroxyl groups excluding tert-OH is 1. The van der Waals surface area contributed by atoms with Gasteiger partial charge in [-0.1, -0.05) is 12.1 Å². The number of hydrogen-bond donors (Lipinski definition) is 1. The summed E-state index contributed by atoms with van der Waals surface area (Å²) in [6.07, 6.45) is 0. The van der Waals surface area contributed by atoms with E-state index in [1.165, 1.54) is 0 Å². The van der Waals surface area contributed by atoms with Gasteiger partial charge in [-0.15, -0.1) is 0 Å². The Balaban J connectivity index is 1.53. The van der Waals surface area contributed by atoms with Crippen molar-refractivity contribution in [3.05, 3.63) is 54.1 Å². The summed E-state index contributed by atoms with van der Waals surface area (Å²) < 4.78 is 21.6. The van der Waals surface area contributed by atoms with Crippen LogP contribution in [0.15, 0.2) is 48.5 Å². The van der Waals surface area contributed by atoms with Crippen molar-refractivity contribution in [3.8, 4) is 17.2 Å². The molecule has 0 atom stereocenters. The molecule has 2 aromatic rings. The molecular formula is C18H22O5. The molecule has 0 saturated heterocycles. The van der Waals surface area contributed by atoms with Crippen molar-refractivity contribution in [1.82, 2.24) is 0 Å². The summed E-state index contributed by atoms with van der Waals surface area (Å²) in [5.41, 5.74) is 0.865. The molecule has 0 aromatic heterocycles. The van der Waals surface area contributed by atoms with Crippen molar-refractivity contribution in [2.24, 2.45) is 0 Å². The van der Waals surface area contributed by atoms with Gasteiger partial charge in [0, 0.05) is 0 Å². The van der Waals surface area contributed by atoms with Crippen LogP contribution in [0.2, 0.25) is 0 Å². The lowest BCUT2D eigenvalue weighted by Gasteiger charge is -2.09. The first kappa shape index (κ1) is 17.1. The average Bonchev–Trinajstić information content (AvgIpc) is 2.62. The fourth-order valence-corrected chi connectivity index (χ4v) is 1.90. The Bertz CT molecular complexity index is 499. The standard InChI is InChI=1S/C18H22O5/c1-20-16-6-8-18(9-7-16)23-13-11-21-10-12-22-17-4-2-15(14-19)3-5-17/h2-9,19H,10-14H2,1H3. The first-order valence-electron chi connectivity index (χ1n) is 7.49. The lowest BCUT2D eigenvalue weighted by Crippen LogP contribution is -2.12. The molecule has 0 saturated carbocycles. The Morgan fingerprint density at radius 3 is 1.65 bits per heavy atom. The molecular weight excluding hydrogens is 296 g/mol. The van der Waals surface area contributed by atoms with E-state index in [9.17, 15) is 0 Å². The fourth-order valence-electron chi connectivity index (χ4n) is 1.90. The summed E-state index contributed by atoms with van der Waals surface area (Å²) in [4.78, 5) is 0. The first-order valence-corrected chi connectivity index (χ1v) is 7.49. The number of hydrogen-bond acceptors (Lipinski definition) is 5. The molecule has 0 radical (unpaired) electrons. The van der Waals surface area contributed by atoms with E-state index < -0.39 is 0 Å². The molecule has 2 rings (SSSR count). The minimum absolute atomic E-state index is 0.0393. The van der Waals surface area contributed by atoms with Gasteiger partial charge in [-0.05, 0) is 42.0 Å².